The summed E-state index contributed by atoms with van der Waals surface area (Å²) in [6.45, 7) is 8.32. The number of hydrogen-bond donors (Lipinski definition) is 3. The first kappa shape index (κ1) is 20.5. The third kappa shape index (κ3) is 6.13. The lowest BCUT2D eigenvalue weighted by Gasteiger charge is -2.14. The topological polar surface area (TPSA) is 70.2 Å². The summed E-state index contributed by atoms with van der Waals surface area (Å²) in [5, 5.41) is 8.98. The minimum absolute atomic E-state index is 0.108. The van der Waals surface area contributed by atoms with Crippen LogP contribution in [0.3, 0.4) is 0 Å². The molecule has 144 valence electrons. The van der Waals surface area contributed by atoms with Crippen molar-refractivity contribution in [1.82, 2.24) is 5.32 Å². The van der Waals surface area contributed by atoms with Crippen molar-refractivity contribution in [1.29, 1.82) is 0 Å². The summed E-state index contributed by atoms with van der Waals surface area (Å²) in [6, 6.07) is 15.1. The van der Waals surface area contributed by atoms with Gasteiger partial charge in [0, 0.05) is 23.0 Å². The molecule has 0 saturated carbocycles. The van der Waals surface area contributed by atoms with E-state index >= 15 is 0 Å². The molecule has 3 N–H and O–H groups in total. The minimum Gasteiger partial charge on any atom is -0.376 e. The Bertz CT molecular complexity index is 787. The zero-order valence-corrected chi connectivity index (χ0v) is 16.5. The van der Waals surface area contributed by atoms with E-state index in [-0.39, 0.29) is 24.4 Å². The Hall–Kier alpha value is -2.82. The molecule has 0 saturated heterocycles. The summed E-state index contributed by atoms with van der Waals surface area (Å²) < 4.78 is 0. The van der Waals surface area contributed by atoms with Crippen molar-refractivity contribution < 1.29 is 9.59 Å². The van der Waals surface area contributed by atoms with Crippen molar-refractivity contribution >= 4 is 23.2 Å². The van der Waals surface area contributed by atoms with E-state index in [0.717, 1.165) is 23.4 Å². The van der Waals surface area contributed by atoms with Crippen LogP contribution in [-0.2, 0) is 4.79 Å². The molecule has 0 aromatic heterocycles. The second-order valence-corrected chi connectivity index (χ2v) is 7.01. The minimum atomic E-state index is -0.127. The van der Waals surface area contributed by atoms with Gasteiger partial charge >= 0.3 is 0 Å². The van der Waals surface area contributed by atoms with Crippen LogP contribution in [0.4, 0.5) is 11.4 Å². The van der Waals surface area contributed by atoms with E-state index in [1.165, 1.54) is 0 Å². The quantitative estimate of drug-likeness (QED) is 0.648. The van der Waals surface area contributed by atoms with Crippen LogP contribution < -0.4 is 16.0 Å². The predicted molar refractivity (Wildman–Crippen MR) is 111 cm³/mol. The van der Waals surface area contributed by atoms with Crippen molar-refractivity contribution in [2.75, 3.05) is 17.2 Å². The molecule has 27 heavy (non-hydrogen) atoms. The number of para-hydroxylation sites is 1. The van der Waals surface area contributed by atoms with E-state index in [0.29, 0.717) is 11.5 Å². The van der Waals surface area contributed by atoms with E-state index in [1.54, 1.807) is 18.2 Å². The lowest BCUT2D eigenvalue weighted by molar-refractivity contribution is -0.114. The highest BCUT2D eigenvalue weighted by molar-refractivity contribution is 5.96. The lowest BCUT2D eigenvalue weighted by Crippen LogP contribution is -2.31. The molecule has 0 spiro atoms. The Morgan fingerprint density at radius 2 is 1.74 bits per heavy atom. The number of benzene rings is 2. The van der Waals surface area contributed by atoms with Crippen LogP contribution >= 0.6 is 0 Å². The van der Waals surface area contributed by atoms with Crippen LogP contribution in [0, 0.1) is 0 Å². The maximum absolute atomic E-state index is 12.3. The first-order valence-corrected chi connectivity index (χ1v) is 9.44. The van der Waals surface area contributed by atoms with Crippen LogP contribution in [0.2, 0.25) is 0 Å². The molecule has 5 nitrogen and oxygen atoms in total. The Labute approximate surface area is 161 Å². The number of carbonyl (C=O) groups is 2. The zero-order chi connectivity index (χ0) is 19.8. The third-order valence-electron chi connectivity index (χ3n) is 4.42. The van der Waals surface area contributed by atoms with Gasteiger partial charge in [-0.25, -0.2) is 0 Å². The molecule has 2 rings (SSSR count). The highest BCUT2D eigenvalue weighted by atomic mass is 16.2. The van der Waals surface area contributed by atoms with Gasteiger partial charge in [0.2, 0.25) is 5.91 Å². The van der Waals surface area contributed by atoms with Crippen molar-refractivity contribution in [3.8, 4) is 0 Å². The van der Waals surface area contributed by atoms with E-state index in [1.807, 2.05) is 44.2 Å². The van der Waals surface area contributed by atoms with Gasteiger partial charge in [0.05, 0.1) is 6.54 Å². The monoisotopic (exact) mass is 367 g/mol. The summed E-state index contributed by atoms with van der Waals surface area (Å²) in [4.78, 5) is 24.5. The molecule has 2 amide bonds. The smallest absolute Gasteiger partial charge is 0.251 e. The average Bonchev–Trinajstić information content (AvgIpc) is 2.66. The van der Waals surface area contributed by atoms with Crippen molar-refractivity contribution in [3.05, 3.63) is 59.7 Å². The van der Waals surface area contributed by atoms with Gasteiger partial charge in [0.1, 0.15) is 0 Å². The van der Waals surface area contributed by atoms with Gasteiger partial charge in [-0.15, -0.1) is 0 Å². The number of rotatable bonds is 8. The number of anilines is 2. The number of hydrogen-bond acceptors (Lipinski definition) is 3. The van der Waals surface area contributed by atoms with E-state index in [9.17, 15) is 9.59 Å². The molecule has 1 unspecified atom stereocenters. The van der Waals surface area contributed by atoms with Crippen LogP contribution in [0.15, 0.2) is 48.5 Å². The Morgan fingerprint density at radius 3 is 2.44 bits per heavy atom. The normalized spacial score (nSPS) is 11.7. The predicted octanol–water partition coefficient (Wildman–Crippen LogP) is 4.39. The molecule has 0 aliphatic carbocycles. The standard InChI is InChI=1S/C22H29N3O2/c1-5-16(4)24-22(27)17-9-8-10-18(13-17)23-14-21(26)25-20-12-7-6-11-19(20)15(2)3/h6-13,15-16,23H,5,14H2,1-4H3,(H,24,27)(H,25,26). The number of carbonyl (C=O) groups excluding carboxylic acids is 2. The molecule has 0 bridgehead atoms. The van der Waals surface area contributed by atoms with Gasteiger partial charge in [0.15, 0.2) is 0 Å². The Kier molecular flexibility index (Phi) is 7.41. The first-order chi connectivity index (χ1) is 12.9. The molecule has 0 aliphatic rings. The summed E-state index contributed by atoms with van der Waals surface area (Å²) in [5.74, 6) is 0.0936. The van der Waals surface area contributed by atoms with Crippen LogP contribution in [0.25, 0.3) is 0 Å². The van der Waals surface area contributed by atoms with Crippen LogP contribution in [0.1, 0.15) is 56.0 Å². The van der Waals surface area contributed by atoms with Crippen LogP contribution in [-0.4, -0.2) is 24.4 Å². The summed E-state index contributed by atoms with van der Waals surface area (Å²) in [5.41, 5.74) is 3.25. The Morgan fingerprint density at radius 1 is 1.00 bits per heavy atom. The molecule has 0 heterocycles. The van der Waals surface area contributed by atoms with Gasteiger partial charge in [-0.05, 0) is 49.1 Å². The second kappa shape index (κ2) is 9.76. The maximum atomic E-state index is 12.3. The lowest BCUT2D eigenvalue weighted by atomic mass is 10.0. The summed E-state index contributed by atoms with van der Waals surface area (Å²) in [6.07, 6.45) is 0.877. The van der Waals surface area contributed by atoms with Gasteiger partial charge < -0.3 is 16.0 Å². The third-order valence-corrected chi connectivity index (χ3v) is 4.42. The average molecular weight is 367 g/mol. The van der Waals surface area contributed by atoms with E-state index in [4.69, 9.17) is 0 Å². The summed E-state index contributed by atoms with van der Waals surface area (Å²) in [7, 11) is 0. The maximum Gasteiger partial charge on any atom is 0.251 e. The first-order valence-electron chi connectivity index (χ1n) is 9.44. The molecule has 0 radical (unpaired) electrons. The van der Waals surface area contributed by atoms with Gasteiger partial charge in [-0.3, -0.25) is 9.59 Å². The molecular formula is C22H29N3O2. The fourth-order valence-electron chi connectivity index (χ4n) is 2.67. The van der Waals surface area contributed by atoms with Crippen LogP contribution in [0.5, 0.6) is 0 Å². The highest BCUT2D eigenvalue weighted by Crippen LogP contribution is 2.23. The molecule has 5 heteroatoms. The summed E-state index contributed by atoms with van der Waals surface area (Å²) >= 11 is 0. The van der Waals surface area contributed by atoms with E-state index in [2.05, 4.69) is 29.8 Å². The fourth-order valence-corrected chi connectivity index (χ4v) is 2.67. The molecular weight excluding hydrogens is 338 g/mol. The van der Waals surface area contributed by atoms with Gasteiger partial charge in [-0.1, -0.05) is 45.0 Å². The SMILES string of the molecule is CCC(C)NC(=O)c1cccc(NCC(=O)Nc2ccccc2C(C)C)c1. The van der Waals surface area contributed by atoms with Crippen molar-refractivity contribution in [3.63, 3.8) is 0 Å². The zero-order valence-electron chi connectivity index (χ0n) is 16.5. The second-order valence-electron chi connectivity index (χ2n) is 7.01. The van der Waals surface area contributed by atoms with Crippen molar-refractivity contribution in [2.45, 2.75) is 46.1 Å². The Balaban J connectivity index is 1.96. The number of nitrogens with one attached hydrogen (secondary N) is 3. The highest BCUT2D eigenvalue weighted by Gasteiger charge is 2.11. The fraction of sp³-hybridized carbons (Fsp3) is 0.364. The molecule has 0 fully saturated rings. The molecule has 0 aliphatic heterocycles. The molecule has 2 aromatic rings. The largest absolute Gasteiger partial charge is 0.376 e. The molecule has 1 atom stereocenters. The number of amides is 2. The van der Waals surface area contributed by atoms with E-state index < -0.39 is 0 Å². The van der Waals surface area contributed by atoms with Crippen molar-refractivity contribution in [2.24, 2.45) is 0 Å². The van der Waals surface area contributed by atoms with Gasteiger partial charge in [-0.2, -0.15) is 0 Å². The molecule has 2 aromatic carbocycles. The van der Waals surface area contributed by atoms with Gasteiger partial charge in [0.25, 0.3) is 5.91 Å².